The Morgan fingerprint density at radius 3 is 2.77 bits per heavy atom. The highest BCUT2D eigenvalue weighted by atomic mass is 32.2. The van der Waals surface area contributed by atoms with E-state index in [1.165, 1.54) is 54.0 Å². The number of H-pyrrole nitrogens is 1. The Bertz CT molecular complexity index is 1020. The van der Waals surface area contributed by atoms with Gasteiger partial charge in [-0.15, -0.1) is 11.8 Å². The second-order valence-corrected chi connectivity index (χ2v) is 9.62. The van der Waals surface area contributed by atoms with E-state index in [0.717, 1.165) is 5.69 Å². The molecule has 0 aliphatic heterocycles. The van der Waals surface area contributed by atoms with Gasteiger partial charge in [0.1, 0.15) is 5.75 Å². The van der Waals surface area contributed by atoms with Crippen LogP contribution in [0.25, 0.3) is 11.0 Å². The van der Waals surface area contributed by atoms with E-state index in [9.17, 15) is 13.2 Å². The highest BCUT2D eigenvalue weighted by Crippen LogP contribution is 2.37. The van der Waals surface area contributed by atoms with E-state index in [-0.39, 0.29) is 5.75 Å². The quantitative estimate of drug-likeness (QED) is 0.412. The molecule has 30 heavy (non-hydrogen) atoms. The van der Waals surface area contributed by atoms with Crippen LogP contribution in [0, 0.1) is 6.92 Å². The molecule has 1 saturated carbocycles. The average molecular weight is 454 g/mol. The number of halogens is 3. The molecule has 0 bridgehead atoms. The Labute approximate surface area is 181 Å². The van der Waals surface area contributed by atoms with Crippen LogP contribution in [0.15, 0.2) is 40.5 Å². The van der Waals surface area contributed by atoms with Gasteiger partial charge in [0.2, 0.25) is 0 Å². The minimum Gasteiger partial charge on any atom is -0.484 e. The molecule has 0 atom stereocenters. The predicted octanol–water partition coefficient (Wildman–Crippen LogP) is 6.53. The Morgan fingerprint density at radius 2 is 2.00 bits per heavy atom. The molecule has 0 saturated heterocycles. The number of nitrogens with zero attached hydrogens (tertiary/aromatic N) is 2. The molecular weight excluding hydrogens is 431 g/mol. The number of thioether (sulfide) groups is 2. The molecule has 0 unspecified atom stereocenters. The Kier molecular flexibility index (Phi) is 6.48. The van der Waals surface area contributed by atoms with E-state index in [4.69, 9.17) is 4.74 Å². The van der Waals surface area contributed by atoms with Gasteiger partial charge in [-0.3, -0.25) is 4.98 Å². The van der Waals surface area contributed by atoms with Crippen LogP contribution in [0.4, 0.5) is 13.2 Å². The summed E-state index contributed by atoms with van der Waals surface area (Å²) in [5, 5.41) is 1.41. The Hall–Kier alpha value is -1.87. The van der Waals surface area contributed by atoms with Crippen molar-refractivity contribution in [3.8, 4) is 5.75 Å². The van der Waals surface area contributed by atoms with Crippen molar-refractivity contribution in [3.05, 3.63) is 41.7 Å². The monoisotopic (exact) mass is 453 g/mol. The van der Waals surface area contributed by atoms with E-state index < -0.39 is 12.8 Å². The van der Waals surface area contributed by atoms with Crippen LogP contribution in [0.2, 0.25) is 0 Å². The summed E-state index contributed by atoms with van der Waals surface area (Å²) in [5.74, 6) is 0.830. The first-order chi connectivity index (χ1) is 14.4. The van der Waals surface area contributed by atoms with E-state index in [2.05, 4.69) is 27.9 Å². The molecule has 4 nitrogen and oxygen atoms in total. The summed E-state index contributed by atoms with van der Waals surface area (Å²) in [5.41, 5.74) is 3.57. The summed E-state index contributed by atoms with van der Waals surface area (Å²) in [4.78, 5) is 13.5. The first-order valence-electron chi connectivity index (χ1n) is 9.81. The number of aromatic nitrogens is 3. The van der Waals surface area contributed by atoms with Crippen LogP contribution in [0.3, 0.4) is 0 Å². The lowest BCUT2D eigenvalue weighted by atomic mass is 10.2. The SMILES string of the molecule is Cc1c(SC2CCCC2)ccnc1CSc1nc2ccc(OCC(F)(F)F)cc2[nH]1. The molecule has 160 valence electrons. The zero-order chi connectivity index (χ0) is 21.1. The molecule has 1 aliphatic rings. The number of hydrogen-bond donors (Lipinski definition) is 1. The zero-order valence-electron chi connectivity index (χ0n) is 16.5. The molecule has 9 heteroatoms. The molecule has 1 aromatic carbocycles. The standard InChI is InChI=1S/C21H22F3N3OS2/c1-13-18(25-9-8-19(13)30-15-4-2-3-5-15)11-29-20-26-16-7-6-14(10-17(16)27-20)28-12-21(22,23)24/h6-10,15H,2-5,11-12H2,1H3,(H,26,27). The summed E-state index contributed by atoms with van der Waals surface area (Å²) in [6, 6.07) is 6.79. The Balaban J connectivity index is 1.42. The number of benzene rings is 1. The summed E-state index contributed by atoms with van der Waals surface area (Å²) >= 11 is 3.49. The number of pyridine rings is 1. The van der Waals surface area contributed by atoms with Gasteiger partial charge >= 0.3 is 6.18 Å². The number of hydrogen-bond acceptors (Lipinski definition) is 5. The van der Waals surface area contributed by atoms with Crippen molar-refractivity contribution >= 4 is 34.6 Å². The van der Waals surface area contributed by atoms with Crippen LogP contribution in [-0.2, 0) is 5.75 Å². The molecule has 1 aliphatic carbocycles. The number of rotatable bonds is 7. The second-order valence-electron chi connectivity index (χ2n) is 7.32. The highest BCUT2D eigenvalue weighted by Gasteiger charge is 2.28. The normalized spacial score (nSPS) is 15.2. The van der Waals surface area contributed by atoms with Crippen LogP contribution in [0.5, 0.6) is 5.75 Å². The summed E-state index contributed by atoms with van der Waals surface area (Å²) in [7, 11) is 0. The number of alkyl halides is 3. The third-order valence-electron chi connectivity index (χ3n) is 5.03. The van der Waals surface area contributed by atoms with E-state index in [1.54, 1.807) is 12.1 Å². The molecule has 2 heterocycles. The molecule has 0 amide bonds. The van der Waals surface area contributed by atoms with Crippen LogP contribution in [-0.4, -0.2) is 33.0 Å². The molecule has 3 aromatic rings. The third-order valence-corrected chi connectivity index (χ3v) is 7.42. The smallest absolute Gasteiger partial charge is 0.422 e. The molecular formula is C21H22F3N3OS2. The largest absolute Gasteiger partial charge is 0.484 e. The molecule has 1 N–H and O–H groups in total. The van der Waals surface area contributed by atoms with E-state index >= 15 is 0 Å². The fourth-order valence-corrected chi connectivity index (χ4v) is 5.71. The van der Waals surface area contributed by atoms with Crippen molar-refractivity contribution in [2.75, 3.05) is 6.61 Å². The zero-order valence-corrected chi connectivity index (χ0v) is 18.1. The van der Waals surface area contributed by atoms with Crippen molar-refractivity contribution in [2.45, 2.75) is 59.8 Å². The molecule has 0 spiro atoms. The van der Waals surface area contributed by atoms with Crippen LogP contribution >= 0.6 is 23.5 Å². The fraction of sp³-hybridized carbons (Fsp3) is 0.429. The second kappa shape index (κ2) is 9.09. The molecule has 4 rings (SSSR count). The summed E-state index contributed by atoms with van der Waals surface area (Å²) in [6.07, 6.45) is 2.70. The van der Waals surface area contributed by atoms with Gasteiger partial charge in [0.15, 0.2) is 11.8 Å². The van der Waals surface area contributed by atoms with Gasteiger partial charge in [0.25, 0.3) is 0 Å². The van der Waals surface area contributed by atoms with Crippen molar-refractivity contribution in [3.63, 3.8) is 0 Å². The van der Waals surface area contributed by atoms with Gasteiger partial charge in [-0.2, -0.15) is 13.2 Å². The topological polar surface area (TPSA) is 50.8 Å². The maximum Gasteiger partial charge on any atom is 0.422 e. The van der Waals surface area contributed by atoms with Crippen molar-refractivity contribution in [2.24, 2.45) is 0 Å². The van der Waals surface area contributed by atoms with Crippen molar-refractivity contribution < 1.29 is 17.9 Å². The first kappa shape index (κ1) is 21.4. The highest BCUT2D eigenvalue weighted by molar-refractivity contribution is 8.00. The van der Waals surface area contributed by atoms with Crippen molar-refractivity contribution in [1.29, 1.82) is 0 Å². The van der Waals surface area contributed by atoms with Crippen molar-refractivity contribution in [1.82, 2.24) is 15.0 Å². The Morgan fingerprint density at radius 1 is 1.20 bits per heavy atom. The minimum atomic E-state index is -4.36. The van der Waals surface area contributed by atoms with Crippen LogP contribution < -0.4 is 4.74 Å². The van der Waals surface area contributed by atoms with Gasteiger partial charge in [-0.05, 0) is 43.5 Å². The third kappa shape index (κ3) is 5.43. The summed E-state index contributed by atoms with van der Waals surface area (Å²) in [6.45, 7) is 0.803. The molecule has 1 fully saturated rings. The van der Waals surface area contributed by atoms with E-state index in [1.807, 2.05) is 18.0 Å². The van der Waals surface area contributed by atoms with Crippen LogP contribution in [0.1, 0.15) is 36.9 Å². The lowest BCUT2D eigenvalue weighted by Crippen LogP contribution is -2.19. The fourth-order valence-electron chi connectivity index (χ4n) is 3.44. The predicted molar refractivity (Wildman–Crippen MR) is 114 cm³/mol. The van der Waals surface area contributed by atoms with Gasteiger partial charge < -0.3 is 9.72 Å². The number of nitrogens with one attached hydrogen (secondary N) is 1. The minimum absolute atomic E-state index is 0.161. The molecule has 0 radical (unpaired) electrons. The van der Waals surface area contributed by atoms with Gasteiger partial charge in [0, 0.05) is 28.2 Å². The lowest BCUT2D eigenvalue weighted by Gasteiger charge is -2.13. The van der Waals surface area contributed by atoms with Gasteiger partial charge in [0.05, 0.1) is 16.7 Å². The van der Waals surface area contributed by atoms with E-state index in [0.29, 0.717) is 27.2 Å². The van der Waals surface area contributed by atoms with Gasteiger partial charge in [-0.25, -0.2) is 4.98 Å². The summed E-state index contributed by atoms with van der Waals surface area (Å²) < 4.78 is 41.8. The maximum atomic E-state index is 12.3. The first-order valence-corrected chi connectivity index (χ1v) is 11.7. The number of fused-ring (bicyclic) bond motifs is 1. The number of ether oxygens (including phenoxy) is 1. The lowest BCUT2D eigenvalue weighted by molar-refractivity contribution is -0.153. The maximum absolute atomic E-state index is 12.3. The average Bonchev–Trinajstić information content (AvgIpc) is 3.35. The molecule has 2 aromatic heterocycles. The number of aromatic amines is 1. The number of imidazole rings is 1. The van der Waals surface area contributed by atoms with Gasteiger partial charge in [-0.1, -0.05) is 24.6 Å².